The number of nitrogens with zero attached hydrogens (tertiary/aromatic N) is 1. The maximum atomic E-state index is 2.63. The second-order valence-corrected chi connectivity index (χ2v) is 4.72. The smallest absolute Gasteiger partial charge is 0.0249 e. The average molecular weight is 225 g/mol. The molecule has 0 radical (unpaired) electrons. The molecule has 1 unspecified atom stereocenters. The Kier molecular flexibility index (Phi) is 11.0. The normalized spacial score (nSPS) is 13.8. The highest BCUT2D eigenvalue weighted by Crippen LogP contribution is 2.08. The molecule has 0 aliphatic heterocycles. The summed E-state index contributed by atoms with van der Waals surface area (Å²) >= 11 is 0. The minimum Gasteiger partial charge on any atom is -0.297 e. The first-order valence-electron chi connectivity index (χ1n) is 7.13. The Morgan fingerprint density at radius 1 is 0.938 bits per heavy atom. The van der Waals surface area contributed by atoms with Gasteiger partial charge in [0, 0.05) is 6.04 Å². The zero-order chi connectivity index (χ0) is 12.2. The predicted molar refractivity (Wildman–Crippen MR) is 74.9 cm³/mol. The van der Waals surface area contributed by atoms with Crippen molar-refractivity contribution in [2.75, 3.05) is 13.1 Å². The fraction of sp³-hybridized carbons (Fsp3) is 0.867. The van der Waals surface area contributed by atoms with Gasteiger partial charge < -0.3 is 0 Å². The van der Waals surface area contributed by atoms with Crippen LogP contribution in [0.25, 0.3) is 0 Å². The molecule has 0 saturated heterocycles. The van der Waals surface area contributed by atoms with E-state index in [0.29, 0.717) is 6.04 Å². The first-order chi connectivity index (χ1) is 7.76. The van der Waals surface area contributed by atoms with E-state index in [1.807, 2.05) is 0 Å². The Balaban J connectivity index is 3.93. The molecule has 0 aliphatic carbocycles. The van der Waals surface area contributed by atoms with Crippen molar-refractivity contribution >= 4 is 0 Å². The molecule has 0 heterocycles. The van der Waals surface area contributed by atoms with Crippen LogP contribution >= 0.6 is 0 Å². The molecule has 0 aromatic carbocycles. The maximum absolute atomic E-state index is 2.63. The van der Waals surface area contributed by atoms with Crippen LogP contribution in [0.3, 0.4) is 0 Å². The lowest BCUT2D eigenvalue weighted by atomic mass is 10.1. The van der Waals surface area contributed by atoms with Crippen molar-refractivity contribution in [3.05, 3.63) is 12.2 Å². The molecule has 1 heteroatoms. The summed E-state index contributed by atoms with van der Waals surface area (Å²) in [5.41, 5.74) is 0. The fourth-order valence-electron chi connectivity index (χ4n) is 2.05. The van der Waals surface area contributed by atoms with Crippen LogP contribution in [0.2, 0.25) is 0 Å². The van der Waals surface area contributed by atoms with E-state index in [2.05, 4.69) is 44.7 Å². The third-order valence-electron chi connectivity index (χ3n) is 3.14. The van der Waals surface area contributed by atoms with Crippen molar-refractivity contribution < 1.29 is 0 Å². The first kappa shape index (κ1) is 15.7. The highest BCUT2D eigenvalue weighted by Gasteiger charge is 2.09. The molecular formula is C15H31N. The molecule has 0 amide bonds. The van der Waals surface area contributed by atoms with Crippen molar-refractivity contribution in [1.82, 2.24) is 4.90 Å². The molecule has 0 aromatic rings. The molecule has 1 nitrogen and oxygen atoms in total. The van der Waals surface area contributed by atoms with Gasteiger partial charge in [-0.3, -0.25) is 4.90 Å². The number of hydrogen-bond donors (Lipinski definition) is 0. The topological polar surface area (TPSA) is 3.24 Å². The lowest BCUT2D eigenvalue weighted by Crippen LogP contribution is -2.33. The summed E-state index contributed by atoms with van der Waals surface area (Å²) < 4.78 is 0. The van der Waals surface area contributed by atoms with Gasteiger partial charge in [0.2, 0.25) is 0 Å². The molecule has 96 valence electrons. The lowest BCUT2D eigenvalue weighted by Gasteiger charge is -2.27. The SMILES string of the molecule is C/C=C/C(C)N(CCCCC)CCCCC. The largest absolute Gasteiger partial charge is 0.297 e. The van der Waals surface area contributed by atoms with Crippen LogP contribution in [-0.2, 0) is 0 Å². The van der Waals surface area contributed by atoms with Crippen molar-refractivity contribution in [2.45, 2.75) is 72.3 Å². The fourth-order valence-corrected chi connectivity index (χ4v) is 2.05. The second-order valence-electron chi connectivity index (χ2n) is 4.72. The van der Waals surface area contributed by atoms with E-state index in [4.69, 9.17) is 0 Å². The number of unbranched alkanes of at least 4 members (excludes halogenated alkanes) is 4. The molecule has 0 N–H and O–H groups in total. The van der Waals surface area contributed by atoms with Crippen LogP contribution in [0, 0.1) is 0 Å². The summed E-state index contributed by atoms with van der Waals surface area (Å²) in [6.45, 7) is 11.5. The Morgan fingerprint density at radius 2 is 1.44 bits per heavy atom. The summed E-state index contributed by atoms with van der Waals surface area (Å²) in [6, 6.07) is 0.610. The van der Waals surface area contributed by atoms with Gasteiger partial charge in [-0.15, -0.1) is 0 Å². The molecule has 1 atom stereocenters. The van der Waals surface area contributed by atoms with E-state index in [1.165, 1.54) is 51.6 Å². The van der Waals surface area contributed by atoms with Crippen molar-refractivity contribution in [2.24, 2.45) is 0 Å². The summed E-state index contributed by atoms with van der Waals surface area (Å²) in [5.74, 6) is 0. The molecule has 0 aromatic heterocycles. The molecule has 0 spiro atoms. The first-order valence-corrected chi connectivity index (χ1v) is 7.13. The standard InChI is InChI=1S/C15H31N/c1-5-8-10-13-16(14-11-9-6-2)15(4)12-7-3/h7,12,15H,5-6,8-11,13-14H2,1-4H3/b12-7+. The summed E-state index contributed by atoms with van der Waals surface area (Å²) in [6.07, 6.45) is 12.6. The van der Waals surface area contributed by atoms with Gasteiger partial charge in [-0.1, -0.05) is 51.7 Å². The summed E-state index contributed by atoms with van der Waals surface area (Å²) in [4.78, 5) is 2.63. The van der Waals surface area contributed by atoms with Crippen LogP contribution in [0.4, 0.5) is 0 Å². The molecular weight excluding hydrogens is 194 g/mol. The molecule has 0 saturated carbocycles. The minimum atomic E-state index is 0.610. The monoisotopic (exact) mass is 225 g/mol. The summed E-state index contributed by atoms with van der Waals surface area (Å²) in [7, 11) is 0. The van der Waals surface area contributed by atoms with Gasteiger partial charge in [0.25, 0.3) is 0 Å². The van der Waals surface area contributed by atoms with Gasteiger partial charge in [0.15, 0.2) is 0 Å². The van der Waals surface area contributed by atoms with E-state index in [-0.39, 0.29) is 0 Å². The van der Waals surface area contributed by atoms with Gasteiger partial charge in [-0.2, -0.15) is 0 Å². The van der Waals surface area contributed by atoms with E-state index < -0.39 is 0 Å². The third kappa shape index (κ3) is 7.92. The van der Waals surface area contributed by atoms with Gasteiger partial charge >= 0.3 is 0 Å². The van der Waals surface area contributed by atoms with Crippen LogP contribution < -0.4 is 0 Å². The van der Waals surface area contributed by atoms with Gasteiger partial charge in [0.1, 0.15) is 0 Å². The molecule has 0 aliphatic rings. The minimum absolute atomic E-state index is 0.610. The zero-order valence-corrected chi connectivity index (χ0v) is 11.8. The second kappa shape index (κ2) is 11.2. The Morgan fingerprint density at radius 3 is 1.81 bits per heavy atom. The Bertz CT molecular complexity index is 153. The van der Waals surface area contributed by atoms with Gasteiger partial charge in [0.05, 0.1) is 0 Å². The average Bonchev–Trinajstić information content (AvgIpc) is 2.28. The van der Waals surface area contributed by atoms with E-state index >= 15 is 0 Å². The number of rotatable bonds is 10. The lowest BCUT2D eigenvalue weighted by molar-refractivity contribution is 0.231. The van der Waals surface area contributed by atoms with E-state index in [1.54, 1.807) is 0 Å². The number of hydrogen-bond acceptors (Lipinski definition) is 1. The Labute approximate surface area is 103 Å². The van der Waals surface area contributed by atoms with Gasteiger partial charge in [-0.25, -0.2) is 0 Å². The van der Waals surface area contributed by atoms with Crippen LogP contribution in [0.5, 0.6) is 0 Å². The van der Waals surface area contributed by atoms with Crippen molar-refractivity contribution in [3.63, 3.8) is 0 Å². The maximum Gasteiger partial charge on any atom is 0.0249 e. The zero-order valence-electron chi connectivity index (χ0n) is 11.8. The Hall–Kier alpha value is -0.300. The summed E-state index contributed by atoms with van der Waals surface area (Å²) in [5, 5.41) is 0. The highest BCUT2D eigenvalue weighted by molar-refractivity contribution is 4.89. The molecule has 0 bridgehead atoms. The highest BCUT2D eigenvalue weighted by atomic mass is 15.1. The predicted octanol–water partition coefficient (Wildman–Crippen LogP) is 4.63. The van der Waals surface area contributed by atoms with E-state index in [9.17, 15) is 0 Å². The van der Waals surface area contributed by atoms with E-state index in [0.717, 1.165) is 0 Å². The van der Waals surface area contributed by atoms with Crippen LogP contribution in [0.15, 0.2) is 12.2 Å². The van der Waals surface area contributed by atoms with Crippen molar-refractivity contribution in [3.8, 4) is 0 Å². The quantitative estimate of drug-likeness (QED) is 0.387. The molecule has 0 fully saturated rings. The van der Waals surface area contributed by atoms with Crippen LogP contribution in [0.1, 0.15) is 66.2 Å². The van der Waals surface area contributed by atoms with Crippen molar-refractivity contribution in [1.29, 1.82) is 0 Å². The molecule has 16 heavy (non-hydrogen) atoms. The third-order valence-corrected chi connectivity index (χ3v) is 3.14. The van der Waals surface area contributed by atoms with Crippen LogP contribution in [-0.4, -0.2) is 24.0 Å². The van der Waals surface area contributed by atoms with Gasteiger partial charge in [-0.05, 0) is 39.8 Å². The molecule has 0 rings (SSSR count). The number of allylic oxidation sites excluding steroid dienone is 1.